The van der Waals surface area contributed by atoms with E-state index in [2.05, 4.69) is 120 Å². The minimum Gasteiger partial charge on any atom is -0.310 e. The van der Waals surface area contributed by atoms with Crippen molar-refractivity contribution in [1.29, 1.82) is 0 Å². The number of aryl methyl sites for hydroxylation is 1. The van der Waals surface area contributed by atoms with Gasteiger partial charge >= 0.3 is 0 Å². The van der Waals surface area contributed by atoms with Crippen LogP contribution in [0.4, 0.5) is 17.1 Å². The third-order valence-corrected chi connectivity index (χ3v) is 9.55. The molecule has 0 fully saturated rings. The third-order valence-electron chi connectivity index (χ3n) is 8.40. The zero-order valence-electron chi connectivity index (χ0n) is 20.9. The van der Waals surface area contributed by atoms with Gasteiger partial charge in [-0.1, -0.05) is 90.6 Å². The standard InChI is InChI=1S/C35H25NOS/c37-32-17-9-10-23-20-21-24(22-25(23)32)36-30-15-5-1-11-26(30)35(27-12-2-6-16-31(27)36)28-13-3-7-18-33(28)38-34-19-8-4-14-29(34)35/h1-8,11-16,18-22H,9-10,17H2. The number of benzene rings is 5. The summed E-state index contributed by atoms with van der Waals surface area (Å²) in [5.41, 5.74) is 10.2. The monoisotopic (exact) mass is 507 g/mol. The van der Waals surface area contributed by atoms with Crippen LogP contribution in [0.1, 0.15) is 51.0 Å². The van der Waals surface area contributed by atoms with E-state index < -0.39 is 5.41 Å². The molecule has 5 aromatic carbocycles. The zero-order valence-corrected chi connectivity index (χ0v) is 21.7. The summed E-state index contributed by atoms with van der Waals surface area (Å²) in [5, 5.41) is 0. The maximum atomic E-state index is 12.9. The van der Waals surface area contributed by atoms with Gasteiger partial charge in [0.1, 0.15) is 0 Å². The molecule has 0 bridgehead atoms. The van der Waals surface area contributed by atoms with Crippen LogP contribution in [0.5, 0.6) is 0 Å². The van der Waals surface area contributed by atoms with Gasteiger partial charge in [-0.05, 0) is 77.1 Å². The van der Waals surface area contributed by atoms with Crippen LogP contribution in [0.25, 0.3) is 0 Å². The van der Waals surface area contributed by atoms with Crippen molar-refractivity contribution in [2.24, 2.45) is 0 Å². The van der Waals surface area contributed by atoms with Crippen LogP contribution >= 0.6 is 11.8 Å². The molecule has 5 aromatic rings. The minimum atomic E-state index is -0.438. The summed E-state index contributed by atoms with van der Waals surface area (Å²) in [6.07, 6.45) is 2.56. The highest BCUT2D eigenvalue weighted by Gasteiger charge is 2.50. The van der Waals surface area contributed by atoms with Gasteiger partial charge in [0.25, 0.3) is 0 Å². The van der Waals surface area contributed by atoms with E-state index in [-0.39, 0.29) is 5.78 Å². The van der Waals surface area contributed by atoms with Crippen molar-refractivity contribution in [3.05, 3.63) is 149 Å². The van der Waals surface area contributed by atoms with E-state index in [4.69, 9.17) is 0 Å². The lowest BCUT2D eigenvalue weighted by molar-refractivity contribution is 0.0972. The minimum absolute atomic E-state index is 0.260. The van der Waals surface area contributed by atoms with Crippen molar-refractivity contribution in [1.82, 2.24) is 0 Å². The maximum absolute atomic E-state index is 12.9. The van der Waals surface area contributed by atoms with E-state index in [0.29, 0.717) is 6.42 Å². The smallest absolute Gasteiger partial charge is 0.163 e. The summed E-state index contributed by atoms with van der Waals surface area (Å²) in [5.74, 6) is 0.260. The average molecular weight is 508 g/mol. The third kappa shape index (κ3) is 2.88. The molecule has 38 heavy (non-hydrogen) atoms. The summed E-state index contributed by atoms with van der Waals surface area (Å²) < 4.78 is 0. The Morgan fingerprint density at radius 1 is 0.605 bits per heavy atom. The Bertz CT molecular complexity index is 1680. The molecule has 2 heterocycles. The SMILES string of the molecule is O=C1CCCc2ccc(N3c4ccccc4C4(c5ccccc5Sc5ccccc54)c4ccccc43)cc21. The number of hydrogen-bond acceptors (Lipinski definition) is 3. The predicted octanol–water partition coefficient (Wildman–Crippen LogP) is 8.84. The quantitative estimate of drug-likeness (QED) is 0.221. The number of carbonyl (C=O) groups excluding carboxylic acids is 1. The van der Waals surface area contributed by atoms with Crippen molar-refractivity contribution in [3.63, 3.8) is 0 Å². The summed E-state index contributed by atoms with van der Waals surface area (Å²) >= 11 is 1.86. The molecular formula is C35H25NOS. The number of hydrogen-bond donors (Lipinski definition) is 0. The van der Waals surface area contributed by atoms with Gasteiger partial charge in [-0.25, -0.2) is 0 Å². The number of nitrogens with zero attached hydrogens (tertiary/aromatic N) is 1. The molecule has 1 spiro atoms. The fourth-order valence-corrected chi connectivity index (χ4v) is 8.05. The molecule has 2 nitrogen and oxygen atoms in total. The van der Waals surface area contributed by atoms with E-state index in [0.717, 1.165) is 35.5 Å². The fraction of sp³-hybridized carbons (Fsp3) is 0.114. The Kier molecular flexibility index (Phi) is 4.74. The molecule has 0 N–H and O–H groups in total. The number of para-hydroxylation sites is 2. The lowest BCUT2D eigenvalue weighted by Crippen LogP contribution is -2.39. The fourth-order valence-electron chi connectivity index (χ4n) is 6.85. The molecule has 0 unspecified atom stereocenters. The van der Waals surface area contributed by atoms with Crippen LogP contribution in [0.15, 0.2) is 125 Å². The zero-order chi connectivity index (χ0) is 25.3. The van der Waals surface area contributed by atoms with Gasteiger partial charge in [0.05, 0.1) is 16.8 Å². The molecule has 0 atom stereocenters. The van der Waals surface area contributed by atoms with Crippen LogP contribution < -0.4 is 4.90 Å². The van der Waals surface area contributed by atoms with Crippen molar-refractivity contribution < 1.29 is 4.79 Å². The number of carbonyl (C=O) groups is 1. The number of fused-ring (bicyclic) bond motifs is 9. The lowest BCUT2D eigenvalue weighted by atomic mass is 9.62. The van der Waals surface area contributed by atoms with E-state index in [9.17, 15) is 4.79 Å². The van der Waals surface area contributed by atoms with Crippen LogP contribution in [0, 0.1) is 0 Å². The van der Waals surface area contributed by atoms with Crippen LogP contribution in [0.3, 0.4) is 0 Å². The molecular weight excluding hydrogens is 482 g/mol. The Morgan fingerprint density at radius 2 is 1.16 bits per heavy atom. The van der Waals surface area contributed by atoms with Gasteiger partial charge in [0.2, 0.25) is 0 Å². The van der Waals surface area contributed by atoms with Gasteiger partial charge in [0, 0.05) is 27.5 Å². The Balaban J connectivity index is 1.48. The second kappa shape index (κ2) is 8.21. The normalized spacial score (nSPS) is 16.2. The van der Waals surface area contributed by atoms with Crippen LogP contribution in [-0.2, 0) is 11.8 Å². The number of ketones is 1. The molecule has 0 radical (unpaired) electrons. The maximum Gasteiger partial charge on any atom is 0.163 e. The first-order valence-corrected chi connectivity index (χ1v) is 14.1. The molecule has 0 aromatic heterocycles. The molecule has 2 aliphatic heterocycles. The number of Topliss-reactive ketones (excluding diaryl/α,β-unsaturated/α-hetero) is 1. The van der Waals surface area contributed by atoms with Gasteiger partial charge in [-0.2, -0.15) is 0 Å². The van der Waals surface area contributed by atoms with E-state index in [1.165, 1.54) is 37.6 Å². The Morgan fingerprint density at radius 3 is 1.79 bits per heavy atom. The molecule has 182 valence electrons. The van der Waals surface area contributed by atoms with Crippen molar-refractivity contribution in [2.45, 2.75) is 34.5 Å². The first-order chi connectivity index (χ1) is 18.8. The van der Waals surface area contributed by atoms with Crippen molar-refractivity contribution in [3.8, 4) is 0 Å². The second-order valence-electron chi connectivity index (χ2n) is 10.3. The van der Waals surface area contributed by atoms with Crippen LogP contribution in [0.2, 0.25) is 0 Å². The van der Waals surface area contributed by atoms with Gasteiger partial charge in [-0.15, -0.1) is 0 Å². The highest BCUT2D eigenvalue weighted by molar-refractivity contribution is 7.99. The molecule has 3 heteroatoms. The highest BCUT2D eigenvalue weighted by Crippen LogP contribution is 2.62. The molecule has 0 amide bonds. The lowest BCUT2D eigenvalue weighted by Gasteiger charge is -2.49. The van der Waals surface area contributed by atoms with Crippen LogP contribution in [-0.4, -0.2) is 5.78 Å². The Labute approximate surface area is 227 Å². The summed E-state index contributed by atoms with van der Waals surface area (Å²) in [7, 11) is 0. The first-order valence-electron chi connectivity index (χ1n) is 13.3. The van der Waals surface area contributed by atoms with Crippen molar-refractivity contribution >= 4 is 34.6 Å². The summed E-state index contributed by atoms with van der Waals surface area (Å²) in [6, 6.07) is 41.9. The molecule has 0 saturated carbocycles. The highest BCUT2D eigenvalue weighted by atomic mass is 32.2. The topological polar surface area (TPSA) is 20.3 Å². The average Bonchev–Trinajstić information content (AvgIpc) is 2.97. The molecule has 1 aliphatic carbocycles. The first kappa shape index (κ1) is 22.0. The van der Waals surface area contributed by atoms with Crippen molar-refractivity contribution in [2.75, 3.05) is 4.90 Å². The largest absolute Gasteiger partial charge is 0.310 e. The molecule has 0 saturated heterocycles. The number of rotatable bonds is 1. The summed E-state index contributed by atoms with van der Waals surface area (Å²) in [4.78, 5) is 17.9. The Hall–Kier alpha value is -4.08. The van der Waals surface area contributed by atoms with Gasteiger partial charge in [0.15, 0.2) is 5.78 Å². The van der Waals surface area contributed by atoms with Gasteiger partial charge in [-0.3, -0.25) is 4.79 Å². The van der Waals surface area contributed by atoms with E-state index >= 15 is 0 Å². The summed E-state index contributed by atoms with van der Waals surface area (Å²) in [6.45, 7) is 0. The molecule has 8 rings (SSSR count). The van der Waals surface area contributed by atoms with E-state index in [1.807, 2.05) is 11.8 Å². The second-order valence-corrected chi connectivity index (χ2v) is 11.4. The van der Waals surface area contributed by atoms with Gasteiger partial charge < -0.3 is 4.90 Å². The van der Waals surface area contributed by atoms with E-state index in [1.54, 1.807) is 0 Å². The molecule has 3 aliphatic rings. The predicted molar refractivity (Wildman–Crippen MR) is 154 cm³/mol. The number of anilines is 3.